The van der Waals surface area contributed by atoms with E-state index in [4.69, 9.17) is 0 Å². The summed E-state index contributed by atoms with van der Waals surface area (Å²) in [7, 11) is 0. The van der Waals surface area contributed by atoms with Crippen molar-refractivity contribution in [2.24, 2.45) is 0 Å². The standard InChI is InChI=1S/C15H19BrN2O2/c1-2-3-4-5-11(10-18(19)20)14-9-17-15-7-6-12(16)8-13(14)15/h6-9,11,17H,2-5,10H2,1H3/t11-/m1/s1. The van der Waals surface area contributed by atoms with Gasteiger partial charge in [0.05, 0.1) is 5.92 Å². The highest BCUT2D eigenvalue weighted by Crippen LogP contribution is 2.31. The molecule has 0 aliphatic carbocycles. The molecule has 2 rings (SSSR count). The van der Waals surface area contributed by atoms with Crippen LogP contribution in [0, 0.1) is 10.1 Å². The third-order valence-electron chi connectivity index (χ3n) is 3.64. The molecule has 1 heterocycles. The topological polar surface area (TPSA) is 58.9 Å². The van der Waals surface area contributed by atoms with Crippen LogP contribution in [-0.4, -0.2) is 16.5 Å². The largest absolute Gasteiger partial charge is 0.361 e. The van der Waals surface area contributed by atoms with Crippen LogP contribution in [-0.2, 0) is 0 Å². The van der Waals surface area contributed by atoms with Crippen molar-refractivity contribution in [1.82, 2.24) is 4.98 Å². The van der Waals surface area contributed by atoms with Crippen LogP contribution in [0.15, 0.2) is 28.9 Å². The summed E-state index contributed by atoms with van der Waals surface area (Å²) in [4.78, 5) is 13.9. The van der Waals surface area contributed by atoms with Crippen LogP contribution in [0.25, 0.3) is 10.9 Å². The lowest BCUT2D eigenvalue weighted by Gasteiger charge is -2.12. The maximum atomic E-state index is 10.9. The number of unbranched alkanes of at least 4 members (excludes halogenated alkanes) is 2. The number of rotatable bonds is 7. The van der Waals surface area contributed by atoms with E-state index in [1.165, 1.54) is 0 Å². The van der Waals surface area contributed by atoms with Crippen LogP contribution < -0.4 is 0 Å². The van der Waals surface area contributed by atoms with Gasteiger partial charge >= 0.3 is 0 Å². The van der Waals surface area contributed by atoms with Gasteiger partial charge in [-0.1, -0.05) is 42.1 Å². The zero-order valence-electron chi connectivity index (χ0n) is 11.6. The fourth-order valence-electron chi connectivity index (χ4n) is 2.62. The predicted octanol–water partition coefficient (Wildman–Crippen LogP) is 4.87. The van der Waals surface area contributed by atoms with E-state index in [0.717, 1.165) is 46.6 Å². The first-order valence-corrected chi connectivity index (χ1v) is 7.79. The summed E-state index contributed by atoms with van der Waals surface area (Å²) < 4.78 is 0.999. The Morgan fingerprint density at radius 3 is 2.90 bits per heavy atom. The zero-order valence-corrected chi connectivity index (χ0v) is 13.1. The first-order chi connectivity index (χ1) is 9.61. The van der Waals surface area contributed by atoms with Gasteiger partial charge < -0.3 is 4.98 Å². The first kappa shape index (κ1) is 15.0. The average molecular weight is 339 g/mol. The fraction of sp³-hybridized carbons (Fsp3) is 0.467. The molecule has 0 aliphatic heterocycles. The fourth-order valence-corrected chi connectivity index (χ4v) is 2.98. The van der Waals surface area contributed by atoms with Crippen LogP contribution in [0.2, 0.25) is 0 Å². The molecular weight excluding hydrogens is 320 g/mol. The number of nitro groups is 1. The van der Waals surface area contributed by atoms with Crippen LogP contribution in [0.1, 0.15) is 44.1 Å². The number of H-pyrrole nitrogens is 1. The minimum atomic E-state index is -0.201. The maximum absolute atomic E-state index is 10.9. The number of benzene rings is 1. The molecule has 0 amide bonds. The highest BCUT2D eigenvalue weighted by atomic mass is 79.9. The molecule has 4 nitrogen and oxygen atoms in total. The van der Waals surface area contributed by atoms with Crippen molar-refractivity contribution in [2.45, 2.75) is 38.5 Å². The van der Waals surface area contributed by atoms with Gasteiger partial charge in [0.1, 0.15) is 0 Å². The molecule has 5 heteroatoms. The van der Waals surface area contributed by atoms with Gasteiger partial charge in [0.25, 0.3) is 0 Å². The van der Waals surface area contributed by atoms with E-state index in [-0.39, 0.29) is 17.4 Å². The molecule has 0 saturated carbocycles. The molecule has 0 radical (unpaired) electrons. The van der Waals surface area contributed by atoms with Crippen molar-refractivity contribution < 1.29 is 4.92 Å². The lowest BCUT2D eigenvalue weighted by molar-refractivity contribution is -0.483. The maximum Gasteiger partial charge on any atom is 0.210 e. The van der Waals surface area contributed by atoms with Crippen molar-refractivity contribution in [2.75, 3.05) is 6.54 Å². The molecule has 0 bridgehead atoms. The summed E-state index contributed by atoms with van der Waals surface area (Å²) in [5.41, 5.74) is 2.10. The van der Waals surface area contributed by atoms with Crippen molar-refractivity contribution in [3.05, 3.63) is 44.5 Å². The number of aromatic nitrogens is 1. The zero-order chi connectivity index (χ0) is 14.5. The van der Waals surface area contributed by atoms with E-state index >= 15 is 0 Å². The van der Waals surface area contributed by atoms with Crippen molar-refractivity contribution in [1.29, 1.82) is 0 Å². The highest BCUT2D eigenvalue weighted by Gasteiger charge is 2.20. The number of nitrogens with one attached hydrogen (secondary N) is 1. The van der Waals surface area contributed by atoms with Gasteiger partial charge in [-0.2, -0.15) is 0 Å². The Morgan fingerprint density at radius 2 is 2.20 bits per heavy atom. The van der Waals surface area contributed by atoms with Gasteiger partial charge in [-0.05, 0) is 30.2 Å². The number of halogens is 1. The van der Waals surface area contributed by atoms with Crippen molar-refractivity contribution in [3.63, 3.8) is 0 Å². The van der Waals surface area contributed by atoms with Crippen LogP contribution in [0.4, 0.5) is 0 Å². The second-order valence-corrected chi connectivity index (χ2v) is 6.06. The van der Waals surface area contributed by atoms with E-state index < -0.39 is 0 Å². The first-order valence-electron chi connectivity index (χ1n) is 7.00. The number of hydrogen-bond acceptors (Lipinski definition) is 2. The summed E-state index contributed by atoms with van der Waals surface area (Å²) >= 11 is 3.47. The Kier molecular flexibility index (Phi) is 5.17. The minimum absolute atomic E-state index is 0.00316. The minimum Gasteiger partial charge on any atom is -0.361 e. The summed E-state index contributed by atoms with van der Waals surface area (Å²) in [5.74, 6) is -0.0143. The second-order valence-electron chi connectivity index (χ2n) is 5.14. The van der Waals surface area contributed by atoms with Crippen LogP contribution >= 0.6 is 15.9 Å². The predicted molar refractivity (Wildman–Crippen MR) is 84.7 cm³/mol. The third-order valence-corrected chi connectivity index (χ3v) is 4.13. The van der Waals surface area contributed by atoms with Gasteiger partial charge in [-0.15, -0.1) is 0 Å². The smallest absolute Gasteiger partial charge is 0.210 e. The van der Waals surface area contributed by atoms with Gasteiger partial charge in [0.2, 0.25) is 6.54 Å². The Balaban J connectivity index is 2.29. The summed E-state index contributed by atoms with van der Waals surface area (Å²) in [6.45, 7) is 2.15. The molecule has 2 aromatic rings. The highest BCUT2D eigenvalue weighted by molar-refractivity contribution is 9.10. The molecule has 1 N–H and O–H groups in total. The van der Waals surface area contributed by atoms with Gasteiger partial charge in [-0.3, -0.25) is 10.1 Å². The van der Waals surface area contributed by atoms with E-state index in [0.29, 0.717) is 0 Å². The summed E-state index contributed by atoms with van der Waals surface area (Å²) in [5, 5.41) is 12.0. The van der Waals surface area contributed by atoms with Crippen LogP contribution in [0.5, 0.6) is 0 Å². The molecule has 0 spiro atoms. The molecule has 1 atom stereocenters. The SMILES string of the molecule is CCCCC[C@H](C[N+](=O)[O-])c1c[nH]c2ccc(Br)cc12. The van der Waals surface area contributed by atoms with Crippen molar-refractivity contribution >= 4 is 26.8 Å². The lowest BCUT2D eigenvalue weighted by Crippen LogP contribution is -2.12. The summed E-state index contributed by atoms with van der Waals surface area (Å²) in [6, 6.07) is 6.01. The Bertz CT molecular complexity index is 595. The lowest BCUT2D eigenvalue weighted by atomic mass is 9.93. The van der Waals surface area contributed by atoms with E-state index in [9.17, 15) is 10.1 Å². The molecular formula is C15H19BrN2O2. The van der Waals surface area contributed by atoms with Gasteiger partial charge in [-0.25, -0.2) is 0 Å². The van der Waals surface area contributed by atoms with Crippen molar-refractivity contribution in [3.8, 4) is 0 Å². The molecule has 1 aromatic carbocycles. The quantitative estimate of drug-likeness (QED) is 0.444. The van der Waals surface area contributed by atoms with E-state index in [1.54, 1.807) is 0 Å². The molecule has 108 valence electrons. The Hall–Kier alpha value is -1.36. The number of aromatic amines is 1. The van der Waals surface area contributed by atoms with Gasteiger partial charge in [0.15, 0.2) is 0 Å². The number of fused-ring (bicyclic) bond motifs is 1. The molecule has 0 unspecified atom stereocenters. The molecule has 0 saturated heterocycles. The number of hydrogen-bond donors (Lipinski definition) is 1. The van der Waals surface area contributed by atoms with Gasteiger partial charge in [0, 0.05) is 26.5 Å². The average Bonchev–Trinajstić information content (AvgIpc) is 2.80. The second kappa shape index (κ2) is 6.88. The van der Waals surface area contributed by atoms with E-state index in [2.05, 4.69) is 27.8 Å². The number of nitrogens with zero attached hydrogens (tertiary/aromatic N) is 1. The summed E-state index contributed by atoms with van der Waals surface area (Å²) in [6.07, 6.45) is 6.09. The monoisotopic (exact) mass is 338 g/mol. The normalized spacial score (nSPS) is 12.7. The van der Waals surface area contributed by atoms with Crippen LogP contribution in [0.3, 0.4) is 0 Å². The Morgan fingerprint density at radius 1 is 1.40 bits per heavy atom. The third kappa shape index (κ3) is 3.60. The Labute approximate surface area is 126 Å². The molecule has 20 heavy (non-hydrogen) atoms. The van der Waals surface area contributed by atoms with E-state index in [1.807, 2.05) is 24.4 Å². The molecule has 1 aromatic heterocycles. The molecule has 0 aliphatic rings. The molecule has 0 fully saturated rings.